The standard InChI is InChI=1S/C16H11N5S/c1-2-4-11(5-3-1)13-7-6-12-14(19-13)8-9-17-15(12)20-16-21-18-10-22-16/h1-10H,(H,17,20,21). The van der Waals surface area contributed by atoms with Crippen molar-refractivity contribution in [2.45, 2.75) is 0 Å². The molecule has 0 radical (unpaired) electrons. The number of hydrogen-bond donors (Lipinski definition) is 1. The van der Waals surface area contributed by atoms with Crippen LogP contribution >= 0.6 is 11.3 Å². The first-order chi connectivity index (χ1) is 10.9. The van der Waals surface area contributed by atoms with E-state index in [1.54, 1.807) is 11.7 Å². The van der Waals surface area contributed by atoms with E-state index in [-0.39, 0.29) is 0 Å². The molecule has 0 bridgehead atoms. The molecule has 1 aromatic carbocycles. The lowest BCUT2D eigenvalue weighted by Gasteiger charge is -2.07. The van der Waals surface area contributed by atoms with Crippen molar-refractivity contribution in [1.82, 2.24) is 20.2 Å². The molecule has 0 aliphatic heterocycles. The van der Waals surface area contributed by atoms with Crippen LogP contribution < -0.4 is 5.32 Å². The third kappa shape index (κ3) is 2.40. The highest BCUT2D eigenvalue weighted by Gasteiger charge is 2.07. The van der Waals surface area contributed by atoms with E-state index >= 15 is 0 Å². The smallest absolute Gasteiger partial charge is 0.211 e. The highest BCUT2D eigenvalue weighted by molar-refractivity contribution is 7.13. The van der Waals surface area contributed by atoms with E-state index in [4.69, 9.17) is 4.98 Å². The number of pyridine rings is 2. The third-order valence-electron chi connectivity index (χ3n) is 3.27. The molecule has 0 atom stereocenters. The number of benzene rings is 1. The summed E-state index contributed by atoms with van der Waals surface area (Å²) in [4.78, 5) is 9.09. The summed E-state index contributed by atoms with van der Waals surface area (Å²) in [6.45, 7) is 0. The van der Waals surface area contributed by atoms with Crippen molar-refractivity contribution < 1.29 is 0 Å². The molecular weight excluding hydrogens is 294 g/mol. The second kappa shape index (κ2) is 5.50. The summed E-state index contributed by atoms with van der Waals surface area (Å²) in [6.07, 6.45) is 1.74. The van der Waals surface area contributed by atoms with Crippen LogP contribution in [0.4, 0.5) is 10.9 Å². The van der Waals surface area contributed by atoms with E-state index in [0.29, 0.717) is 5.13 Å². The Balaban J connectivity index is 1.78. The van der Waals surface area contributed by atoms with E-state index in [2.05, 4.69) is 32.6 Å². The molecule has 4 aromatic rings. The second-order valence-electron chi connectivity index (χ2n) is 4.66. The first-order valence-electron chi connectivity index (χ1n) is 6.74. The van der Waals surface area contributed by atoms with E-state index in [0.717, 1.165) is 28.0 Å². The van der Waals surface area contributed by atoms with E-state index in [9.17, 15) is 0 Å². The minimum Gasteiger partial charge on any atom is -0.314 e. The maximum Gasteiger partial charge on any atom is 0.211 e. The van der Waals surface area contributed by atoms with Crippen molar-refractivity contribution in [2.24, 2.45) is 0 Å². The van der Waals surface area contributed by atoms with Crippen molar-refractivity contribution in [3.8, 4) is 11.3 Å². The zero-order chi connectivity index (χ0) is 14.8. The number of aromatic nitrogens is 4. The van der Waals surface area contributed by atoms with E-state index in [1.807, 2.05) is 36.4 Å². The van der Waals surface area contributed by atoms with Gasteiger partial charge in [-0.05, 0) is 18.2 Å². The number of nitrogens with one attached hydrogen (secondary N) is 1. The minimum absolute atomic E-state index is 0.715. The molecule has 0 fully saturated rings. The zero-order valence-corrected chi connectivity index (χ0v) is 12.3. The molecule has 3 aromatic heterocycles. The van der Waals surface area contributed by atoms with Gasteiger partial charge in [-0.3, -0.25) is 0 Å². The Kier molecular flexibility index (Phi) is 3.21. The zero-order valence-electron chi connectivity index (χ0n) is 11.5. The largest absolute Gasteiger partial charge is 0.314 e. The van der Waals surface area contributed by atoms with Gasteiger partial charge in [0.15, 0.2) is 0 Å². The minimum atomic E-state index is 0.715. The first kappa shape index (κ1) is 12.8. The van der Waals surface area contributed by atoms with Crippen molar-refractivity contribution in [2.75, 3.05) is 5.32 Å². The van der Waals surface area contributed by atoms with Gasteiger partial charge in [0.05, 0.1) is 11.2 Å². The van der Waals surface area contributed by atoms with Crippen LogP contribution in [0.15, 0.2) is 60.2 Å². The third-order valence-corrected chi connectivity index (χ3v) is 3.88. The number of rotatable bonds is 3. The van der Waals surface area contributed by atoms with Gasteiger partial charge in [-0.25, -0.2) is 9.97 Å². The van der Waals surface area contributed by atoms with Crippen molar-refractivity contribution in [3.63, 3.8) is 0 Å². The number of anilines is 2. The average Bonchev–Trinajstić information content (AvgIpc) is 3.08. The van der Waals surface area contributed by atoms with Gasteiger partial charge < -0.3 is 5.32 Å². The Morgan fingerprint density at radius 1 is 0.955 bits per heavy atom. The van der Waals surface area contributed by atoms with E-state index in [1.165, 1.54) is 11.3 Å². The van der Waals surface area contributed by atoms with Crippen LogP contribution in [0.2, 0.25) is 0 Å². The summed E-state index contributed by atoms with van der Waals surface area (Å²) < 4.78 is 0. The van der Waals surface area contributed by atoms with Crippen LogP contribution in [0.25, 0.3) is 22.2 Å². The molecule has 5 nitrogen and oxygen atoms in total. The lowest BCUT2D eigenvalue weighted by molar-refractivity contribution is 1.09. The quantitative estimate of drug-likeness (QED) is 0.622. The first-order valence-corrected chi connectivity index (χ1v) is 7.62. The normalized spacial score (nSPS) is 10.7. The molecular formula is C16H11N5S. The summed E-state index contributed by atoms with van der Waals surface area (Å²) >= 11 is 1.43. The van der Waals surface area contributed by atoms with Crippen LogP contribution in [0, 0.1) is 0 Å². The van der Waals surface area contributed by atoms with Gasteiger partial charge in [-0.1, -0.05) is 41.7 Å². The Bertz CT molecular complexity index is 906. The molecule has 106 valence electrons. The van der Waals surface area contributed by atoms with Crippen LogP contribution in [0.3, 0.4) is 0 Å². The Labute approximate surface area is 130 Å². The fourth-order valence-electron chi connectivity index (χ4n) is 2.25. The summed E-state index contributed by atoms with van der Waals surface area (Å²) in [6, 6.07) is 16.1. The number of hydrogen-bond acceptors (Lipinski definition) is 6. The summed E-state index contributed by atoms with van der Waals surface area (Å²) in [5.41, 5.74) is 4.61. The van der Waals surface area contributed by atoms with Crippen LogP contribution in [-0.2, 0) is 0 Å². The van der Waals surface area contributed by atoms with Crippen LogP contribution in [-0.4, -0.2) is 20.2 Å². The Morgan fingerprint density at radius 3 is 2.68 bits per heavy atom. The Hall–Kier alpha value is -2.86. The van der Waals surface area contributed by atoms with Gasteiger partial charge in [0.2, 0.25) is 5.13 Å². The monoisotopic (exact) mass is 305 g/mol. The van der Waals surface area contributed by atoms with Gasteiger partial charge in [0.1, 0.15) is 11.3 Å². The van der Waals surface area contributed by atoms with Gasteiger partial charge in [0, 0.05) is 17.1 Å². The van der Waals surface area contributed by atoms with Gasteiger partial charge in [-0.2, -0.15) is 0 Å². The molecule has 3 heterocycles. The lowest BCUT2D eigenvalue weighted by Crippen LogP contribution is -1.95. The van der Waals surface area contributed by atoms with Crippen molar-refractivity contribution in [3.05, 3.63) is 60.2 Å². The van der Waals surface area contributed by atoms with Crippen molar-refractivity contribution >= 4 is 33.2 Å². The molecule has 22 heavy (non-hydrogen) atoms. The van der Waals surface area contributed by atoms with Gasteiger partial charge in [-0.15, -0.1) is 10.2 Å². The maximum absolute atomic E-state index is 4.72. The van der Waals surface area contributed by atoms with Gasteiger partial charge in [0.25, 0.3) is 0 Å². The molecule has 0 unspecified atom stereocenters. The van der Waals surface area contributed by atoms with Crippen LogP contribution in [0.1, 0.15) is 0 Å². The fraction of sp³-hybridized carbons (Fsp3) is 0. The number of nitrogens with zero attached hydrogens (tertiary/aromatic N) is 4. The molecule has 0 amide bonds. The highest BCUT2D eigenvalue weighted by Crippen LogP contribution is 2.26. The topological polar surface area (TPSA) is 63.6 Å². The highest BCUT2D eigenvalue weighted by atomic mass is 32.1. The SMILES string of the molecule is c1ccc(-c2ccc3c(Nc4nncs4)nccc3n2)cc1. The predicted octanol–water partition coefficient (Wildman–Crippen LogP) is 3.89. The maximum atomic E-state index is 4.72. The number of fused-ring (bicyclic) bond motifs is 1. The molecule has 4 rings (SSSR count). The molecule has 0 saturated heterocycles. The summed E-state index contributed by atoms with van der Waals surface area (Å²) in [5.74, 6) is 0.737. The predicted molar refractivity (Wildman–Crippen MR) is 88.2 cm³/mol. The summed E-state index contributed by atoms with van der Waals surface area (Å²) in [5, 5.41) is 12.6. The van der Waals surface area contributed by atoms with Crippen LogP contribution in [0.5, 0.6) is 0 Å². The van der Waals surface area contributed by atoms with E-state index < -0.39 is 0 Å². The molecule has 0 aliphatic rings. The van der Waals surface area contributed by atoms with Gasteiger partial charge >= 0.3 is 0 Å². The average molecular weight is 305 g/mol. The van der Waals surface area contributed by atoms with Crippen molar-refractivity contribution in [1.29, 1.82) is 0 Å². The molecule has 0 spiro atoms. The molecule has 0 aliphatic carbocycles. The summed E-state index contributed by atoms with van der Waals surface area (Å²) in [7, 11) is 0. The fourth-order valence-corrected chi connectivity index (χ4v) is 2.70. The Morgan fingerprint density at radius 2 is 1.86 bits per heavy atom. The molecule has 6 heteroatoms. The molecule has 0 saturated carbocycles. The lowest BCUT2D eigenvalue weighted by atomic mass is 10.1. The second-order valence-corrected chi connectivity index (χ2v) is 5.49. The molecule has 1 N–H and O–H groups in total.